The van der Waals surface area contributed by atoms with E-state index in [1.165, 1.54) is 12.6 Å². The summed E-state index contributed by atoms with van der Waals surface area (Å²) in [6.07, 6.45) is 6.96. The molecule has 2 N–H and O–H groups in total. The van der Waals surface area contributed by atoms with Gasteiger partial charge in [0.05, 0.1) is 31.6 Å². The van der Waals surface area contributed by atoms with Gasteiger partial charge in [-0.2, -0.15) is 10.2 Å². The first-order valence-electron chi connectivity index (χ1n) is 11.3. The number of carbonyl (C=O) groups is 2. The summed E-state index contributed by atoms with van der Waals surface area (Å²) in [6, 6.07) is 9.61. The van der Waals surface area contributed by atoms with Gasteiger partial charge in [-0.25, -0.2) is 4.79 Å². The molecule has 1 atom stereocenters. The van der Waals surface area contributed by atoms with Crippen LogP contribution < -0.4 is 10.6 Å². The van der Waals surface area contributed by atoms with Gasteiger partial charge in [-0.15, -0.1) is 0 Å². The van der Waals surface area contributed by atoms with Crippen LogP contribution >= 0.6 is 0 Å². The van der Waals surface area contributed by atoms with Gasteiger partial charge in [0.2, 0.25) is 5.91 Å². The maximum absolute atomic E-state index is 12.1. The van der Waals surface area contributed by atoms with Crippen LogP contribution in [0.2, 0.25) is 0 Å². The first kappa shape index (κ1) is 30.7. The number of benzene rings is 1. The molecule has 0 saturated carbocycles. The van der Waals surface area contributed by atoms with Crippen LogP contribution in [0.5, 0.6) is 0 Å². The molecule has 0 aromatic heterocycles. The molecule has 1 aromatic rings. The fraction of sp³-hybridized carbons (Fsp3) is 0.462. The van der Waals surface area contributed by atoms with E-state index in [0.717, 1.165) is 5.56 Å². The second kappa shape index (κ2) is 19.2. The summed E-state index contributed by atoms with van der Waals surface area (Å²) < 4.78 is 10.2. The monoisotopic (exact) mass is 472 g/mol. The van der Waals surface area contributed by atoms with E-state index < -0.39 is 0 Å². The lowest BCUT2D eigenvalue weighted by Crippen LogP contribution is -2.44. The topological polar surface area (TPSA) is 101 Å². The maximum Gasteiger partial charge on any atom is 0.406 e. The number of ether oxygens (including phenoxy) is 2. The van der Waals surface area contributed by atoms with Gasteiger partial charge in [0.15, 0.2) is 0 Å². The van der Waals surface area contributed by atoms with E-state index in [9.17, 15) is 9.59 Å². The molecule has 0 fully saturated rings. The Bertz CT molecular complexity index is 826. The Morgan fingerprint density at radius 3 is 2.29 bits per heavy atom. The van der Waals surface area contributed by atoms with Gasteiger partial charge < -0.3 is 20.1 Å². The fourth-order valence-electron chi connectivity index (χ4n) is 2.21. The average molecular weight is 473 g/mol. The Labute approximate surface area is 204 Å². The first-order chi connectivity index (χ1) is 16.2. The van der Waals surface area contributed by atoms with Gasteiger partial charge in [-0.1, -0.05) is 61.9 Å². The van der Waals surface area contributed by atoms with Crippen LogP contribution in [-0.2, 0) is 20.9 Å². The van der Waals surface area contributed by atoms with Crippen molar-refractivity contribution in [1.29, 1.82) is 0 Å². The third kappa shape index (κ3) is 16.4. The van der Waals surface area contributed by atoms with Gasteiger partial charge in [0.1, 0.15) is 0 Å². The Balaban J connectivity index is 0.00000135. The van der Waals surface area contributed by atoms with Crippen LogP contribution in [-0.4, -0.2) is 50.2 Å². The fourth-order valence-corrected chi connectivity index (χ4v) is 2.21. The normalized spacial score (nSPS) is 12.2. The largest absolute Gasteiger partial charge is 0.450 e. The molecule has 2 amide bonds. The summed E-state index contributed by atoms with van der Waals surface area (Å²) in [5, 5.41) is 13.5. The number of hydrogen-bond acceptors (Lipinski definition) is 6. The summed E-state index contributed by atoms with van der Waals surface area (Å²) in [5.41, 5.74) is 3.00. The number of alkyl carbamates (subject to hydrolysis) is 1. The number of allylic oxidation sites excluding steroid dienone is 4. The van der Waals surface area contributed by atoms with E-state index >= 15 is 0 Å². The van der Waals surface area contributed by atoms with Gasteiger partial charge in [-0.05, 0) is 39.3 Å². The van der Waals surface area contributed by atoms with E-state index in [1.54, 1.807) is 13.1 Å². The van der Waals surface area contributed by atoms with Gasteiger partial charge in [0, 0.05) is 19.2 Å². The quantitative estimate of drug-likeness (QED) is 0.277. The van der Waals surface area contributed by atoms with Crippen molar-refractivity contribution >= 4 is 23.9 Å². The zero-order chi connectivity index (χ0) is 25.8. The third-order valence-electron chi connectivity index (χ3n) is 4.13. The highest BCUT2D eigenvalue weighted by Crippen LogP contribution is 2.03. The van der Waals surface area contributed by atoms with Crippen molar-refractivity contribution in [1.82, 2.24) is 10.6 Å². The number of rotatable bonds is 11. The minimum atomic E-state index is -0.373. The molecule has 0 spiro atoms. The zero-order valence-corrected chi connectivity index (χ0v) is 21.5. The van der Waals surface area contributed by atoms with E-state index in [2.05, 4.69) is 25.6 Å². The van der Waals surface area contributed by atoms with Gasteiger partial charge in [0.25, 0.3) is 0 Å². The second-order valence-electron chi connectivity index (χ2n) is 7.82. The minimum absolute atomic E-state index is 0.0368. The van der Waals surface area contributed by atoms with Crippen LogP contribution in [0.25, 0.3) is 0 Å². The summed E-state index contributed by atoms with van der Waals surface area (Å²) in [6.45, 7) is 12.6. The standard InChI is InChI=1S/C22H31N3O2.C4H9NO2/c1-17(2)11-9-10-14-23-25-19(5)21(24-22(26)18(3)4)16-27-15-20-12-7-6-8-13-20;1-3-7-4(6)5-2/h6-14,18,21H,15-16H2,1-5H3,(H,24,26);3H2,1-2H3,(H,5,6)/b10-9-,23-14+,25-19+;. The van der Waals surface area contributed by atoms with Gasteiger partial charge >= 0.3 is 6.09 Å². The SMILES string of the molecule is CC(C)=C\C=C/C=N/N=C(\C)C(COCc1ccccc1)NC(=O)C(C)C.CCOC(=O)NC. The Morgan fingerprint density at radius 2 is 1.76 bits per heavy atom. The van der Waals surface area contributed by atoms with E-state index in [-0.39, 0.29) is 24.0 Å². The molecule has 0 aliphatic rings. The lowest BCUT2D eigenvalue weighted by Gasteiger charge is -2.19. The van der Waals surface area contributed by atoms with Crippen molar-refractivity contribution in [3.05, 3.63) is 59.7 Å². The molecule has 0 bridgehead atoms. The Morgan fingerprint density at radius 1 is 1.09 bits per heavy atom. The second-order valence-corrected chi connectivity index (χ2v) is 7.82. The van der Waals surface area contributed by atoms with E-state index in [1.807, 2.05) is 83.2 Å². The predicted octanol–water partition coefficient (Wildman–Crippen LogP) is 4.68. The number of nitrogens with one attached hydrogen (secondary N) is 2. The molecule has 1 aromatic carbocycles. The molecule has 0 saturated heterocycles. The molecule has 188 valence electrons. The minimum Gasteiger partial charge on any atom is -0.450 e. The molecule has 0 heterocycles. The van der Waals surface area contributed by atoms with Crippen molar-refractivity contribution < 1.29 is 19.1 Å². The molecule has 0 radical (unpaired) electrons. The van der Waals surface area contributed by atoms with Crippen molar-refractivity contribution in [3.63, 3.8) is 0 Å². The summed E-state index contributed by atoms with van der Waals surface area (Å²) in [4.78, 5) is 22.2. The molecule has 0 aliphatic carbocycles. The Kier molecular flexibility index (Phi) is 17.4. The number of nitrogens with zero attached hydrogens (tertiary/aromatic N) is 2. The summed E-state index contributed by atoms with van der Waals surface area (Å²) >= 11 is 0. The molecule has 34 heavy (non-hydrogen) atoms. The summed E-state index contributed by atoms with van der Waals surface area (Å²) in [7, 11) is 1.53. The van der Waals surface area contributed by atoms with Crippen LogP contribution in [0.4, 0.5) is 4.79 Å². The Hall–Kier alpha value is -3.26. The lowest BCUT2D eigenvalue weighted by molar-refractivity contribution is -0.124. The molecule has 0 aliphatic heterocycles. The highest BCUT2D eigenvalue weighted by Gasteiger charge is 2.18. The highest BCUT2D eigenvalue weighted by molar-refractivity contribution is 5.92. The molecule has 1 unspecified atom stereocenters. The molecule has 8 heteroatoms. The number of amides is 2. The summed E-state index contributed by atoms with van der Waals surface area (Å²) in [5.74, 6) is -0.143. The van der Waals surface area contributed by atoms with Gasteiger partial charge in [-0.3, -0.25) is 4.79 Å². The van der Waals surface area contributed by atoms with Crippen LogP contribution in [0.15, 0.2) is 64.3 Å². The molecule has 1 rings (SSSR count). The zero-order valence-electron chi connectivity index (χ0n) is 21.5. The van der Waals surface area contributed by atoms with Crippen molar-refractivity contribution in [2.24, 2.45) is 16.1 Å². The highest BCUT2D eigenvalue weighted by atomic mass is 16.5. The van der Waals surface area contributed by atoms with Crippen molar-refractivity contribution in [3.8, 4) is 0 Å². The van der Waals surface area contributed by atoms with E-state index in [0.29, 0.717) is 25.5 Å². The van der Waals surface area contributed by atoms with Crippen LogP contribution in [0.3, 0.4) is 0 Å². The molecular formula is C26H40N4O4. The van der Waals surface area contributed by atoms with E-state index in [4.69, 9.17) is 4.74 Å². The third-order valence-corrected chi connectivity index (χ3v) is 4.13. The predicted molar refractivity (Wildman–Crippen MR) is 139 cm³/mol. The van der Waals surface area contributed by atoms with Crippen molar-refractivity contribution in [2.75, 3.05) is 20.3 Å². The average Bonchev–Trinajstić information content (AvgIpc) is 2.81. The lowest BCUT2D eigenvalue weighted by atomic mass is 10.1. The first-order valence-corrected chi connectivity index (χ1v) is 11.3. The van der Waals surface area contributed by atoms with Crippen LogP contribution in [0.1, 0.15) is 47.1 Å². The number of carbonyl (C=O) groups excluding carboxylic acids is 2. The van der Waals surface area contributed by atoms with Crippen LogP contribution in [0, 0.1) is 5.92 Å². The molecule has 8 nitrogen and oxygen atoms in total. The van der Waals surface area contributed by atoms with Crippen molar-refractivity contribution in [2.45, 2.75) is 54.2 Å². The number of hydrogen-bond donors (Lipinski definition) is 2. The maximum atomic E-state index is 12.1. The smallest absolute Gasteiger partial charge is 0.406 e. The molecular weight excluding hydrogens is 432 g/mol.